The molecule has 9 atom stereocenters. The zero-order chi connectivity index (χ0) is 45.3. The molecule has 2 aliphatic rings. The average molecular weight is 895 g/mol. The first-order valence-corrected chi connectivity index (χ1v) is 22.1. The van der Waals surface area contributed by atoms with E-state index in [2.05, 4.69) is 0 Å². The van der Waals surface area contributed by atoms with Crippen LogP contribution in [0, 0.1) is 0 Å². The van der Waals surface area contributed by atoms with Crippen LogP contribution in [0.1, 0.15) is 43.0 Å². The average Bonchev–Trinajstić information content (AvgIpc) is 3.70. The molecule has 6 aromatic carbocycles. The summed E-state index contributed by atoms with van der Waals surface area (Å²) < 4.78 is 65.2. The Bertz CT molecular complexity index is 2340. The summed E-state index contributed by atoms with van der Waals surface area (Å²) >= 11 is 0. The zero-order valence-electron chi connectivity index (χ0n) is 36.7. The van der Waals surface area contributed by atoms with Crippen molar-refractivity contribution < 1.29 is 57.0 Å². The van der Waals surface area contributed by atoms with Crippen LogP contribution in [0.25, 0.3) is 0 Å². The van der Waals surface area contributed by atoms with Gasteiger partial charge in [0, 0.05) is 7.11 Å². The molecule has 0 N–H and O–H groups in total. The highest BCUT2D eigenvalue weighted by atomic mass is 16.8. The Morgan fingerprint density at radius 2 is 0.833 bits per heavy atom. The van der Waals surface area contributed by atoms with Crippen LogP contribution < -0.4 is 0 Å². The lowest BCUT2D eigenvalue weighted by atomic mass is 9.97. The normalized spacial score (nSPS) is 23.8. The summed E-state index contributed by atoms with van der Waals surface area (Å²) in [5.41, 5.74) is 4.39. The molecule has 2 saturated heterocycles. The minimum Gasteiger partial charge on any atom is -0.459 e. The molecule has 0 aliphatic carbocycles. The smallest absolute Gasteiger partial charge is 0.338 e. The molecule has 0 bridgehead atoms. The maximum absolute atomic E-state index is 13.9. The number of ether oxygens (including phenoxy) is 10. The zero-order valence-corrected chi connectivity index (χ0v) is 36.7. The molecule has 0 aromatic heterocycles. The molecule has 0 spiro atoms. The summed E-state index contributed by atoms with van der Waals surface area (Å²) in [6.07, 6.45) is -8.79. The third-order valence-corrected chi connectivity index (χ3v) is 11.3. The minimum absolute atomic E-state index is 0.108. The van der Waals surface area contributed by atoms with Crippen molar-refractivity contribution in [3.8, 4) is 0 Å². The predicted molar refractivity (Wildman–Crippen MR) is 243 cm³/mol. The van der Waals surface area contributed by atoms with Crippen LogP contribution >= 0.6 is 0 Å². The van der Waals surface area contributed by atoms with Crippen molar-refractivity contribution >= 4 is 11.9 Å². The summed E-state index contributed by atoms with van der Waals surface area (Å²) in [5, 5.41) is 0. The largest absolute Gasteiger partial charge is 0.459 e. The lowest BCUT2D eigenvalue weighted by Crippen LogP contribution is -2.62. The molecule has 2 aliphatic heterocycles. The van der Waals surface area contributed by atoms with Crippen LogP contribution in [0.4, 0.5) is 0 Å². The molecule has 0 amide bonds. The topological polar surface area (TPSA) is 126 Å². The molecule has 66 heavy (non-hydrogen) atoms. The first-order valence-electron chi connectivity index (χ1n) is 22.1. The number of benzene rings is 6. The number of methoxy groups -OCH3 is 1. The Labute approximate surface area is 385 Å². The van der Waals surface area contributed by atoms with Gasteiger partial charge in [0.25, 0.3) is 0 Å². The Morgan fingerprint density at radius 3 is 1.33 bits per heavy atom. The number of carbonyl (C=O) groups excluding carboxylic acids is 2. The summed E-state index contributed by atoms with van der Waals surface area (Å²) in [4.78, 5) is 27.2. The van der Waals surface area contributed by atoms with Gasteiger partial charge >= 0.3 is 11.9 Å². The van der Waals surface area contributed by atoms with Crippen LogP contribution in [0.5, 0.6) is 0 Å². The molecule has 0 unspecified atom stereocenters. The Hall–Kier alpha value is -6.06. The van der Waals surface area contributed by atoms with Crippen molar-refractivity contribution in [3.05, 3.63) is 215 Å². The molecule has 0 saturated carbocycles. The van der Waals surface area contributed by atoms with Gasteiger partial charge in [-0.2, -0.15) is 0 Å². The highest BCUT2D eigenvalue weighted by molar-refractivity contribution is 5.90. The van der Waals surface area contributed by atoms with Gasteiger partial charge in [0.15, 0.2) is 18.7 Å². The number of hydrogen-bond acceptors (Lipinski definition) is 12. The van der Waals surface area contributed by atoms with Crippen LogP contribution in [-0.2, 0) is 73.8 Å². The molecule has 0 radical (unpaired) electrons. The Kier molecular flexibility index (Phi) is 16.8. The van der Waals surface area contributed by atoms with Gasteiger partial charge in [0.05, 0.1) is 44.2 Å². The molecule has 12 heteroatoms. The van der Waals surface area contributed by atoms with Crippen molar-refractivity contribution in [2.45, 2.75) is 81.7 Å². The van der Waals surface area contributed by atoms with Gasteiger partial charge in [0.1, 0.15) is 43.2 Å². The summed E-state index contributed by atoms with van der Waals surface area (Å²) in [6.45, 7) is 0.722. The third kappa shape index (κ3) is 12.6. The number of carbonyl (C=O) groups is 2. The van der Waals surface area contributed by atoms with Crippen molar-refractivity contribution in [2.24, 2.45) is 0 Å². The van der Waals surface area contributed by atoms with Gasteiger partial charge in [-0.1, -0.05) is 158 Å². The Balaban J connectivity index is 1.13. The van der Waals surface area contributed by atoms with Gasteiger partial charge in [-0.3, -0.25) is 0 Å². The van der Waals surface area contributed by atoms with Crippen LogP contribution in [0.15, 0.2) is 182 Å². The predicted octanol–water partition coefficient (Wildman–Crippen LogP) is 8.52. The number of hydrogen-bond donors (Lipinski definition) is 0. The number of esters is 2. The van der Waals surface area contributed by atoms with E-state index in [1.54, 1.807) is 48.5 Å². The highest BCUT2D eigenvalue weighted by Crippen LogP contribution is 2.36. The molecule has 8 rings (SSSR count). The van der Waals surface area contributed by atoms with E-state index in [4.69, 9.17) is 47.4 Å². The second-order valence-electron chi connectivity index (χ2n) is 15.9. The monoisotopic (exact) mass is 894 g/mol. The third-order valence-electron chi connectivity index (χ3n) is 11.3. The molecule has 2 heterocycles. The van der Waals surface area contributed by atoms with Crippen LogP contribution in [0.3, 0.4) is 0 Å². The van der Waals surface area contributed by atoms with Gasteiger partial charge < -0.3 is 47.4 Å². The fraction of sp³-hybridized carbons (Fsp3) is 0.296. The van der Waals surface area contributed by atoms with E-state index in [1.807, 2.05) is 133 Å². The molecular formula is C54H54O12. The fourth-order valence-electron chi connectivity index (χ4n) is 7.89. The fourth-order valence-corrected chi connectivity index (χ4v) is 7.89. The molecule has 12 nitrogen and oxygen atoms in total. The minimum atomic E-state index is -1.24. The molecule has 6 aromatic rings. The SMILES string of the molecule is CO[C@H]1O[C@H](COCc2ccccc2)[C@@H](OCc2ccccc2)[C@H](OCc2ccccc2)[C@H]1O[C@H]1O[C@H](COC(=O)c2ccccc2)[C@@H](OC(=O)c2ccccc2)[C@@H]1OCc1ccccc1. The van der Waals surface area contributed by atoms with Crippen molar-refractivity contribution in [1.29, 1.82) is 0 Å². The summed E-state index contributed by atoms with van der Waals surface area (Å²) in [7, 11) is 1.53. The molecule has 2 fully saturated rings. The van der Waals surface area contributed by atoms with E-state index in [1.165, 1.54) is 7.11 Å². The Morgan fingerprint density at radius 1 is 0.424 bits per heavy atom. The first kappa shape index (κ1) is 46.5. The summed E-state index contributed by atoms with van der Waals surface area (Å²) in [5.74, 6) is -1.20. The maximum atomic E-state index is 13.9. The second kappa shape index (κ2) is 23.9. The highest BCUT2D eigenvalue weighted by Gasteiger charge is 2.55. The standard InChI is InChI=1S/C54H54O12/c1-57-53-50(48(60-34-40-24-12-4-13-25-40)46(59-33-39-22-10-3-11-23-39)44(63-53)36-58-32-38-20-8-2-9-21-38)66-54-49(61-35-41-26-14-5-15-27-41)47(65-52(56)43-30-18-7-19-31-43)45(64-54)37-62-51(55)42-28-16-6-17-29-42/h2-31,44-50,53-54H,32-37H2,1H3/t44-,45-,46-,47-,48+,49+,50-,53+,54-/m1/s1. The van der Waals surface area contributed by atoms with E-state index in [0.29, 0.717) is 17.7 Å². The van der Waals surface area contributed by atoms with E-state index in [9.17, 15) is 9.59 Å². The van der Waals surface area contributed by atoms with Gasteiger partial charge in [0.2, 0.25) is 0 Å². The van der Waals surface area contributed by atoms with E-state index in [0.717, 1.165) is 22.3 Å². The van der Waals surface area contributed by atoms with Crippen molar-refractivity contribution in [1.82, 2.24) is 0 Å². The summed E-state index contributed by atoms with van der Waals surface area (Å²) in [6, 6.07) is 56.3. The number of rotatable bonds is 21. The van der Waals surface area contributed by atoms with E-state index >= 15 is 0 Å². The lowest BCUT2D eigenvalue weighted by molar-refractivity contribution is -0.347. The van der Waals surface area contributed by atoms with Crippen molar-refractivity contribution in [2.75, 3.05) is 20.3 Å². The lowest BCUT2D eigenvalue weighted by Gasteiger charge is -2.46. The maximum Gasteiger partial charge on any atom is 0.338 e. The second-order valence-corrected chi connectivity index (χ2v) is 15.9. The van der Waals surface area contributed by atoms with E-state index in [-0.39, 0.29) is 33.0 Å². The van der Waals surface area contributed by atoms with Crippen LogP contribution in [-0.4, -0.2) is 87.6 Å². The van der Waals surface area contributed by atoms with Crippen molar-refractivity contribution in [3.63, 3.8) is 0 Å². The van der Waals surface area contributed by atoms with Gasteiger partial charge in [-0.25, -0.2) is 9.59 Å². The van der Waals surface area contributed by atoms with Crippen LogP contribution in [0.2, 0.25) is 0 Å². The first-order chi connectivity index (χ1) is 32.5. The molecule has 342 valence electrons. The molecular weight excluding hydrogens is 841 g/mol. The van der Waals surface area contributed by atoms with Gasteiger partial charge in [-0.05, 0) is 46.5 Å². The van der Waals surface area contributed by atoms with E-state index < -0.39 is 67.2 Å². The van der Waals surface area contributed by atoms with Gasteiger partial charge in [-0.15, -0.1) is 0 Å². The quantitative estimate of drug-likeness (QED) is 0.0643.